The SMILES string of the molecule is C=CCCC(N)c1cnccn1. The molecule has 3 heteroatoms. The summed E-state index contributed by atoms with van der Waals surface area (Å²) in [6.07, 6.45) is 8.65. The topological polar surface area (TPSA) is 51.8 Å². The van der Waals surface area contributed by atoms with Crippen LogP contribution in [-0.2, 0) is 0 Å². The van der Waals surface area contributed by atoms with Gasteiger partial charge in [0.15, 0.2) is 0 Å². The van der Waals surface area contributed by atoms with E-state index in [9.17, 15) is 0 Å². The minimum absolute atomic E-state index is 0.0169. The van der Waals surface area contributed by atoms with Crippen molar-refractivity contribution < 1.29 is 0 Å². The van der Waals surface area contributed by atoms with Gasteiger partial charge in [0.1, 0.15) is 0 Å². The first kappa shape index (κ1) is 8.87. The van der Waals surface area contributed by atoms with Crippen molar-refractivity contribution in [3.63, 3.8) is 0 Å². The second-order valence-corrected chi connectivity index (χ2v) is 2.60. The molecule has 0 bridgehead atoms. The van der Waals surface area contributed by atoms with Gasteiger partial charge in [0, 0.05) is 24.6 Å². The lowest BCUT2D eigenvalue weighted by Crippen LogP contribution is -2.11. The largest absolute Gasteiger partial charge is 0.323 e. The van der Waals surface area contributed by atoms with E-state index in [1.807, 2.05) is 6.08 Å². The number of aromatic nitrogens is 2. The standard InChI is InChI=1S/C9H13N3/c1-2-3-4-8(10)9-7-11-5-6-12-9/h2,5-8H,1,3-4,10H2. The van der Waals surface area contributed by atoms with Crippen LogP contribution in [0.4, 0.5) is 0 Å². The van der Waals surface area contributed by atoms with E-state index in [4.69, 9.17) is 5.73 Å². The third-order valence-electron chi connectivity index (χ3n) is 1.64. The van der Waals surface area contributed by atoms with Crippen LogP contribution < -0.4 is 5.73 Å². The molecule has 0 saturated heterocycles. The Morgan fingerprint density at radius 3 is 3.00 bits per heavy atom. The summed E-state index contributed by atoms with van der Waals surface area (Å²) in [6, 6.07) is -0.0169. The van der Waals surface area contributed by atoms with E-state index < -0.39 is 0 Å². The van der Waals surface area contributed by atoms with Crippen molar-refractivity contribution in [2.24, 2.45) is 5.73 Å². The lowest BCUT2D eigenvalue weighted by atomic mass is 10.1. The minimum atomic E-state index is -0.0169. The molecular weight excluding hydrogens is 150 g/mol. The second-order valence-electron chi connectivity index (χ2n) is 2.60. The summed E-state index contributed by atoms with van der Waals surface area (Å²) in [5.74, 6) is 0. The molecule has 2 N–H and O–H groups in total. The van der Waals surface area contributed by atoms with Crippen molar-refractivity contribution in [2.75, 3.05) is 0 Å². The molecule has 12 heavy (non-hydrogen) atoms. The number of allylic oxidation sites excluding steroid dienone is 1. The molecule has 0 aliphatic rings. The lowest BCUT2D eigenvalue weighted by molar-refractivity contribution is 0.638. The van der Waals surface area contributed by atoms with E-state index in [1.165, 1.54) is 0 Å². The molecule has 0 aromatic carbocycles. The second kappa shape index (κ2) is 4.62. The highest BCUT2D eigenvalue weighted by Gasteiger charge is 2.04. The molecule has 1 unspecified atom stereocenters. The summed E-state index contributed by atoms with van der Waals surface area (Å²) in [5, 5.41) is 0. The van der Waals surface area contributed by atoms with Crippen molar-refractivity contribution in [3.05, 3.63) is 36.9 Å². The third kappa shape index (κ3) is 2.43. The van der Waals surface area contributed by atoms with E-state index in [0.29, 0.717) is 0 Å². The molecule has 1 rings (SSSR count). The van der Waals surface area contributed by atoms with E-state index in [0.717, 1.165) is 18.5 Å². The molecule has 1 aromatic rings. The van der Waals surface area contributed by atoms with Gasteiger partial charge in [-0.25, -0.2) is 0 Å². The summed E-state index contributed by atoms with van der Waals surface area (Å²) in [6.45, 7) is 3.63. The van der Waals surface area contributed by atoms with Crippen LogP contribution >= 0.6 is 0 Å². The molecule has 0 aliphatic carbocycles. The molecule has 64 valence electrons. The van der Waals surface area contributed by atoms with E-state index in [1.54, 1.807) is 18.6 Å². The molecule has 1 aromatic heterocycles. The Balaban J connectivity index is 2.53. The molecular formula is C9H13N3. The number of hydrogen-bond donors (Lipinski definition) is 1. The predicted octanol–water partition coefficient (Wildman–Crippen LogP) is 1.44. The third-order valence-corrected chi connectivity index (χ3v) is 1.64. The first-order valence-electron chi connectivity index (χ1n) is 3.97. The Morgan fingerprint density at radius 1 is 1.58 bits per heavy atom. The zero-order chi connectivity index (χ0) is 8.81. The lowest BCUT2D eigenvalue weighted by Gasteiger charge is -2.07. The molecule has 0 fully saturated rings. The molecule has 1 heterocycles. The van der Waals surface area contributed by atoms with Gasteiger partial charge >= 0.3 is 0 Å². The van der Waals surface area contributed by atoms with Crippen molar-refractivity contribution in [1.29, 1.82) is 0 Å². The number of rotatable bonds is 4. The number of hydrogen-bond acceptors (Lipinski definition) is 3. The zero-order valence-corrected chi connectivity index (χ0v) is 6.98. The summed E-state index contributed by atoms with van der Waals surface area (Å²) in [5.41, 5.74) is 6.68. The quantitative estimate of drug-likeness (QED) is 0.683. The molecule has 0 amide bonds. The smallest absolute Gasteiger partial charge is 0.0753 e. The predicted molar refractivity (Wildman–Crippen MR) is 48.4 cm³/mol. The van der Waals surface area contributed by atoms with Crippen molar-refractivity contribution in [3.8, 4) is 0 Å². The van der Waals surface area contributed by atoms with Crippen molar-refractivity contribution in [2.45, 2.75) is 18.9 Å². The molecule has 1 atom stereocenters. The van der Waals surface area contributed by atoms with Gasteiger partial charge in [0.05, 0.1) is 5.69 Å². The molecule has 3 nitrogen and oxygen atoms in total. The Hall–Kier alpha value is -1.22. The maximum Gasteiger partial charge on any atom is 0.0753 e. The van der Waals surface area contributed by atoms with Crippen LogP contribution in [0.2, 0.25) is 0 Å². The van der Waals surface area contributed by atoms with Gasteiger partial charge in [-0.15, -0.1) is 6.58 Å². The van der Waals surface area contributed by atoms with Gasteiger partial charge in [-0.05, 0) is 12.8 Å². The van der Waals surface area contributed by atoms with Crippen molar-refractivity contribution in [1.82, 2.24) is 9.97 Å². The first-order valence-corrected chi connectivity index (χ1v) is 3.97. The highest BCUT2D eigenvalue weighted by atomic mass is 14.8. The Labute approximate surface area is 72.3 Å². The summed E-state index contributed by atoms with van der Waals surface area (Å²) in [4.78, 5) is 8.06. The Bertz CT molecular complexity index is 233. The average molecular weight is 163 g/mol. The number of nitrogens with two attached hydrogens (primary N) is 1. The maximum atomic E-state index is 5.83. The van der Waals surface area contributed by atoms with E-state index in [2.05, 4.69) is 16.5 Å². The molecule has 0 spiro atoms. The number of nitrogens with zero attached hydrogens (tertiary/aromatic N) is 2. The fourth-order valence-corrected chi connectivity index (χ4v) is 0.947. The summed E-state index contributed by atoms with van der Waals surface area (Å²) >= 11 is 0. The van der Waals surface area contributed by atoms with Gasteiger partial charge in [-0.1, -0.05) is 6.08 Å². The van der Waals surface area contributed by atoms with Crippen LogP contribution in [-0.4, -0.2) is 9.97 Å². The first-order chi connectivity index (χ1) is 5.84. The van der Waals surface area contributed by atoms with Gasteiger partial charge in [-0.3, -0.25) is 9.97 Å². The highest BCUT2D eigenvalue weighted by Crippen LogP contribution is 2.11. The fourth-order valence-electron chi connectivity index (χ4n) is 0.947. The fraction of sp³-hybridized carbons (Fsp3) is 0.333. The van der Waals surface area contributed by atoms with Crippen LogP contribution in [0.15, 0.2) is 31.2 Å². The molecule has 0 aliphatic heterocycles. The van der Waals surface area contributed by atoms with Crippen LogP contribution in [0, 0.1) is 0 Å². The normalized spacial score (nSPS) is 12.4. The summed E-state index contributed by atoms with van der Waals surface area (Å²) in [7, 11) is 0. The van der Waals surface area contributed by atoms with Gasteiger partial charge in [0.2, 0.25) is 0 Å². The van der Waals surface area contributed by atoms with E-state index >= 15 is 0 Å². The van der Waals surface area contributed by atoms with Crippen LogP contribution in [0.3, 0.4) is 0 Å². The highest BCUT2D eigenvalue weighted by molar-refractivity contribution is 5.01. The molecule has 0 radical (unpaired) electrons. The van der Waals surface area contributed by atoms with Gasteiger partial charge < -0.3 is 5.73 Å². The van der Waals surface area contributed by atoms with Crippen LogP contribution in [0.1, 0.15) is 24.6 Å². The minimum Gasteiger partial charge on any atom is -0.323 e. The molecule has 0 saturated carbocycles. The summed E-state index contributed by atoms with van der Waals surface area (Å²) < 4.78 is 0. The van der Waals surface area contributed by atoms with Crippen molar-refractivity contribution >= 4 is 0 Å². The Kier molecular flexibility index (Phi) is 3.41. The van der Waals surface area contributed by atoms with Gasteiger partial charge in [0.25, 0.3) is 0 Å². The monoisotopic (exact) mass is 163 g/mol. The Morgan fingerprint density at radius 2 is 2.42 bits per heavy atom. The van der Waals surface area contributed by atoms with Crippen LogP contribution in [0.5, 0.6) is 0 Å². The van der Waals surface area contributed by atoms with E-state index in [-0.39, 0.29) is 6.04 Å². The maximum absolute atomic E-state index is 5.83. The van der Waals surface area contributed by atoms with Crippen LogP contribution in [0.25, 0.3) is 0 Å². The zero-order valence-electron chi connectivity index (χ0n) is 6.98. The van der Waals surface area contributed by atoms with Gasteiger partial charge in [-0.2, -0.15) is 0 Å². The average Bonchev–Trinajstić information content (AvgIpc) is 2.15.